The van der Waals surface area contributed by atoms with Crippen molar-refractivity contribution in [2.75, 3.05) is 46.0 Å². The van der Waals surface area contributed by atoms with E-state index in [0.29, 0.717) is 51.4 Å². The normalized spacial score (nSPS) is 16.4. The molecule has 1 N–H and O–H groups in total. The molecule has 3 heterocycles. The number of alkyl halides is 3. The van der Waals surface area contributed by atoms with Crippen molar-refractivity contribution in [2.24, 2.45) is 0 Å². The number of fused-ring (bicyclic) bond motifs is 1. The Morgan fingerprint density at radius 1 is 1.00 bits per heavy atom. The summed E-state index contributed by atoms with van der Waals surface area (Å²) in [6.45, 7) is 6.86. The van der Waals surface area contributed by atoms with Gasteiger partial charge in [-0.05, 0) is 45.2 Å². The lowest BCUT2D eigenvalue weighted by molar-refractivity contribution is -0.148. The number of ether oxygens (including phenoxy) is 3. The van der Waals surface area contributed by atoms with Crippen molar-refractivity contribution in [2.45, 2.75) is 70.9 Å². The number of carbonyl (C=O) groups is 3. The van der Waals surface area contributed by atoms with Gasteiger partial charge in [0.2, 0.25) is 11.7 Å². The third-order valence-electron chi connectivity index (χ3n) is 7.46. The van der Waals surface area contributed by atoms with E-state index in [1.54, 1.807) is 20.8 Å². The molecule has 0 saturated carbocycles. The first-order valence-electron chi connectivity index (χ1n) is 15.1. The number of amides is 2. The van der Waals surface area contributed by atoms with Gasteiger partial charge in [-0.15, -0.1) is 0 Å². The summed E-state index contributed by atoms with van der Waals surface area (Å²) in [6, 6.07) is -0.245. The molecule has 2 aliphatic rings. The summed E-state index contributed by atoms with van der Waals surface area (Å²) < 4.78 is 100. The van der Waals surface area contributed by atoms with Gasteiger partial charge < -0.3 is 29.0 Å². The number of benzene rings is 1. The average Bonchev–Trinajstić information content (AvgIpc) is 3.37. The summed E-state index contributed by atoms with van der Waals surface area (Å²) in [6.07, 6.45) is -6.39. The van der Waals surface area contributed by atoms with Crippen molar-refractivity contribution >= 4 is 18.0 Å². The maximum atomic E-state index is 14.5. The third-order valence-corrected chi connectivity index (χ3v) is 7.46. The van der Waals surface area contributed by atoms with Gasteiger partial charge in [-0.2, -0.15) is 13.2 Å². The number of nitrogens with one attached hydrogen (secondary N) is 1. The molecule has 4 rings (SSSR count). The van der Waals surface area contributed by atoms with Gasteiger partial charge >= 0.3 is 18.2 Å². The van der Waals surface area contributed by atoms with E-state index in [4.69, 9.17) is 14.2 Å². The van der Waals surface area contributed by atoms with Crippen LogP contribution in [-0.2, 0) is 44.7 Å². The molecule has 1 fully saturated rings. The van der Waals surface area contributed by atoms with E-state index in [2.05, 4.69) is 15.2 Å². The molecule has 11 nitrogen and oxygen atoms in total. The van der Waals surface area contributed by atoms with Crippen LogP contribution in [0.4, 0.5) is 31.1 Å². The fourth-order valence-electron chi connectivity index (χ4n) is 5.28. The van der Waals surface area contributed by atoms with E-state index < -0.39 is 84.1 Å². The lowest BCUT2D eigenvalue weighted by Gasteiger charge is -2.31. The van der Waals surface area contributed by atoms with Crippen molar-refractivity contribution in [3.63, 3.8) is 0 Å². The van der Waals surface area contributed by atoms with Crippen LogP contribution in [0, 0.1) is 17.5 Å². The molecule has 1 aromatic heterocycles. The van der Waals surface area contributed by atoms with Gasteiger partial charge in [-0.25, -0.2) is 27.7 Å². The van der Waals surface area contributed by atoms with E-state index in [0.717, 1.165) is 9.47 Å². The number of morpholine rings is 1. The number of halogens is 6. The van der Waals surface area contributed by atoms with Crippen LogP contribution >= 0.6 is 0 Å². The first-order valence-corrected chi connectivity index (χ1v) is 15.1. The second-order valence-electron chi connectivity index (χ2n) is 12.2. The Kier molecular flexibility index (Phi) is 11.4. The number of imidazole rings is 1. The predicted octanol–water partition coefficient (Wildman–Crippen LogP) is 4.07. The summed E-state index contributed by atoms with van der Waals surface area (Å²) in [5, 5.41) is 2.44. The highest BCUT2D eigenvalue weighted by Gasteiger charge is 2.42. The molecule has 1 saturated heterocycles. The first-order chi connectivity index (χ1) is 22.0. The molecule has 0 spiro atoms. The zero-order valence-corrected chi connectivity index (χ0v) is 26.2. The summed E-state index contributed by atoms with van der Waals surface area (Å²) in [4.78, 5) is 45.7. The Labute approximate surface area is 267 Å². The third kappa shape index (κ3) is 9.82. The number of hydrogen-bond acceptors (Lipinski definition) is 8. The lowest BCUT2D eigenvalue weighted by Crippen LogP contribution is -2.45. The molecule has 0 bridgehead atoms. The Balaban J connectivity index is 1.49. The van der Waals surface area contributed by atoms with Crippen LogP contribution in [0.5, 0.6) is 0 Å². The van der Waals surface area contributed by atoms with Crippen LogP contribution in [0.1, 0.15) is 61.2 Å². The number of aromatic nitrogens is 2. The van der Waals surface area contributed by atoms with Crippen molar-refractivity contribution in [3.8, 4) is 0 Å². The number of rotatable bonds is 10. The number of nitrogens with zero attached hydrogens (tertiary/aromatic N) is 4. The Morgan fingerprint density at radius 2 is 1.68 bits per heavy atom. The second-order valence-corrected chi connectivity index (χ2v) is 12.2. The molecule has 2 aromatic rings. The highest BCUT2D eigenvalue weighted by molar-refractivity contribution is 5.89. The molecule has 0 radical (unpaired) electrons. The minimum Gasteiger partial charge on any atom is -0.461 e. The summed E-state index contributed by atoms with van der Waals surface area (Å²) >= 11 is 0. The second kappa shape index (κ2) is 14.9. The minimum absolute atomic E-state index is 0.0644. The van der Waals surface area contributed by atoms with E-state index in [-0.39, 0.29) is 31.0 Å². The summed E-state index contributed by atoms with van der Waals surface area (Å²) in [5.41, 5.74) is -2.03. The van der Waals surface area contributed by atoms with Crippen LogP contribution in [0.3, 0.4) is 0 Å². The molecular weight excluding hydrogens is 640 g/mol. The fraction of sp³-hybridized carbons (Fsp3) is 0.600. The Hall–Kier alpha value is -3.86. The van der Waals surface area contributed by atoms with E-state index >= 15 is 0 Å². The molecule has 1 atom stereocenters. The van der Waals surface area contributed by atoms with Crippen molar-refractivity contribution in [3.05, 3.63) is 52.4 Å². The molecule has 17 heteroatoms. The molecule has 2 aliphatic heterocycles. The van der Waals surface area contributed by atoms with E-state index in [1.807, 2.05) is 0 Å². The molecule has 2 amide bonds. The fourth-order valence-corrected chi connectivity index (χ4v) is 5.28. The smallest absolute Gasteiger partial charge is 0.449 e. The van der Waals surface area contributed by atoms with Crippen LogP contribution in [0.15, 0.2) is 12.1 Å². The van der Waals surface area contributed by atoms with Crippen LogP contribution in [-0.4, -0.2) is 95.0 Å². The highest BCUT2D eigenvalue weighted by Crippen LogP contribution is 2.33. The van der Waals surface area contributed by atoms with Gasteiger partial charge in [-0.1, -0.05) is 0 Å². The number of hydrogen-bond donors (Lipinski definition) is 1. The maximum absolute atomic E-state index is 14.5. The SMILES string of the molecule is CC(C)(C)OC(=O)NC(CC(=O)N1CCn2c(C(F)(F)F)nc(C(=O)OCCCN3CCOCC3)c2C1)Cc1cc(F)c(F)cc1F. The van der Waals surface area contributed by atoms with Crippen LogP contribution in [0.2, 0.25) is 0 Å². The quantitative estimate of drug-likeness (QED) is 0.173. The standard InChI is InChI=1S/C30H37F6N5O6/c1-29(2,3)47-28(44)37-19(13-18-14-21(32)22(33)16-20(18)31)15-24(42)40-6-7-41-23(17-40)25(38-27(41)30(34,35)36)26(43)46-10-4-5-39-8-11-45-12-9-39/h14,16,19H,4-13,15,17H2,1-3H3,(H,37,44). The Morgan fingerprint density at radius 3 is 2.34 bits per heavy atom. The lowest BCUT2D eigenvalue weighted by atomic mass is 10.0. The van der Waals surface area contributed by atoms with Crippen molar-refractivity contribution < 1.29 is 54.9 Å². The molecule has 260 valence electrons. The maximum Gasteiger partial charge on any atom is 0.449 e. The minimum atomic E-state index is -4.90. The zero-order chi connectivity index (χ0) is 34.5. The molecule has 1 unspecified atom stereocenters. The number of carbonyl (C=O) groups excluding carboxylic acids is 3. The molecule has 47 heavy (non-hydrogen) atoms. The van der Waals surface area contributed by atoms with Gasteiger partial charge in [-0.3, -0.25) is 9.69 Å². The largest absolute Gasteiger partial charge is 0.461 e. The van der Waals surface area contributed by atoms with Crippen LogP contribution in [0.25, 0.3) is 0 Å². The monoisotopic (exact) mass is 677 g/mol. The molecule has 0 aliphatic carbocycles. The van der Waals surface area contributed by atoms with Crippen LogP contribution < -0.4 is 5.32 Å². The average molecular weight is 678 g/mol. The van der Waals surface area contributed by atoms with Crippen molar-refractivity contribution in [1.29, 1.82) is 0 Å². The van der Waals surface area contributed by atoms with E-state index in [9.17, 15) is 40.7 Å². The van der Waals surface area contributed by atoms with Gasteiger partial charge in [0.15, 0.2) is 17.3 Å². The summed E-state index contributed by atoms with van der Waals surface area (Å²) in [5.74, 6) is -6.93. The van der Waals surface area contributed by atoms with Gasteiger partial charge in [0.25, 0.3) is 0 Å². The van der Waals surface area contributed by atoms with E-state index in [1.165, 1.54) is 0 Å². The number of alkyl carbamates (subject to hydrolysis) is 1. The first kappa shape index (κ1) is 36.0. The van der Waals surface area contributed by atoms with Gasteiger partial charge in [0.1, 0.15) is 11.4 Å². The topological polar surface area (TPSA) is 115 Å². The highest BCUT2D eigenvalue weighted by atomic mass is 19.4. The van der Waals surface area contributed by atoms with Gasteiger partial charge in [0, 0.05) is 51.3 Å². The van der Waals surface area contributed by atoms with Crippen molar-refractivity contribution in [1.82, 2.24) is 24.7 Å². The molecular formula is C30H37F6N5O6. The Bertz CT molecular complexity index is 1450. The van der Waals surface area contributed by atoms with Gasteiger partial charge in [0.05, 0.1) is 32.1 Å². The number of esters is 1. The molecule has 1 aromatic carbocycles. The predicted molar refractivity (Wildman–Crippen MR) is 153 cm³/mol. The summed E-state index contributed by atoms with van der Waals surface area (Å²) in [7, 11) is 0. The zero-order valence-electron chi connectivity index (χ0n) is 26.2.